The number of carbonyl (C=O) groups is 1. The highest BCUT2D eigenvalue weighted by atomic mass is 32.2. The summed E-state index contributed by atoms with van der Waals surface area (Å²) in [5, 5.41) is 3.85. The van der Waals surface area contributed by atoms with Gasteiger partial charge in [0.1, 0.15) is 0 Å². The Morgan fingerprint density at radius 2 is 1.83 bits per heavy atom. The Morgan fingerprint density at radius 3 is 2.43 bits per heavy atom. The van der Waals surface area contributed by atoms with Crippen LogP contribution in [0.4, 0.5) is 0 Å². The van der Waals surface area contributed by atoms with E-state index < -0.39 is 16.0 Å². The highest BCUT2D eigenvalue weighted by molar-refractivity contribution is 7.89. The Hall–Kier alpha value is -2.26. The molecule has 0 N–H and O–H groups in total. The van der Waals surface area contributed by atoms with Gasteiger partial charge in [0.15, 0.2) is 12.4 Å². The van der Waals surface area contributed by atoms with Crippen LogP contribution in [0.5, 0.6) is 0 Å². The first-order chi connectivity index (χ1) is 14.1. The normalized spacial score (nSPS) is 20.4. The van der Waals surface area contributed by atoms with Crippen molar-refractivity contribution in [2.45, 2.75) is 52.0 Å². The van der Waals surface area contributed by atoms with Gasteiger partial charge in [-0.3, -0.25) is 0 Å². The van der Waals surface area contributed by atoms with Crippen LogP contribution in [0.3, 0.4) is 0 Å². The number of esters is 1. The number of sulfonamides is 1. The quantitative estimate of drug-likeness (QED) is 0.615. The zero-order valence-electron chi connectivity index (χ0n) is 17.9. The Bertz CT molecular complexity index is 959. The summed E-state index contributed by atoms with van der Waals surface area (Å²) in [7, 11) is -3.58. The number of nitrogens with zero attached hydrogens (tertiary/aromatic N) is 3. The second-order valence-corrected chi connectivity index (χ2v) is 10.5. The van der Waals surface area contributed by atoms with Crippen LogP contribution in [-0.2, 0) is 27.8 Å². The maximum absolute atomic E-state index is 12.9. The minimum absolute atomic E-state index is 0.131. The number of hydrogen-bond donors (Lipinski definition) is 0. The van der Waals surface area contributed by atoms with Gasteiger partial charge in [-0.25, -0.2) is 13.2 Å². The molecule has 0 saturated carbocycles. The van der Waals surface area contributed by atoms with Crippen LogP contribution in [0.2, 0.25) is 0 Å². The number of ether oxygens (including phenoxy) is 1. The number of piperidine rings is 1. The molecule has 3 rings (SSSR count). The molecule has 2 unspecified atom stereocenters. The summed E-state index contributed by atoms with van der Waals surface area (Å²) >= 11 is 0. The summed E-state index contributed by atoms with van der Waals surface area (Å²) in [5.41, 5.74) is 0.260. The second kappa shape index (κ2) is 9.26. The lowest BCUT2D eigenvalue weighted by atomic mass is 9.94. The SMILES string of the molecule is CC(C)Cc1noc(COC(=O)c2ccc(S(=O)(=O)N3CC(C)CC(C)C3)cc2)n1. The number of carbonyl (C=O) groups excluding carboxylic acids is 1. The van der Waals surface area contributed by atoms with Gasteiger partial charge in [0, 0.05) is 19.5 Å². The second-order valence-electron chi connectivity index (χ2n) is 8.57. The zero-order valence-corrected chi connectivity index (χ0v) is 18.7. The zero-order chi connectivity index (χ0) is 21.9. The molecular formula is C21H29N3O5S. The maximum Gasteiger partial charge on any atom is 0.338 e. The highest BCUT2D eigenvalue weighted by Crippen LogP contribution is 2.26. The average Bonchev–Trinajstić information content (AvgIpc) is 3.12. The molecule has 0 spiro atoms. The average molecular weight is 436 g/mol. The summed E-state index contributed by atoms with van der Waals surface area (Å²) < 4.78 is 37.7. The van der Waals surface area contributed by atoms with Crippen molar-refractivity contribution in [3.63, 3.8) is 0 Å². The van der Waals surface area contributed by atoms with E-state index in [-0.39, 0.29) is 23.0 Å². The van der Waals surface area contributed by atoms with E-state index in [2.05, 4.69) is 24.0 Å². The summed E-state index contributed by atoms with van der Waals surface area (Å²) in [5.74, 6) is 1.26. The Kier molecular flexibility index (Phi) is 6.92. The van der Waals surface area contributed by atoms with Gasteiger partial charge in [0.05, 0.1) is 10.5 Å². The lowest BCUT2D eigenvalue weighted by molar-refractivity contribution is 0.0429. The number of hydrogen-bond acceptors (Lipinski definition) is 7. The molecule has 9 heteroatoms. The Labute approximate surface area is 177 Å². The standard InChI is InChI=1S/C21H29N3O5S/c1-14(2)9-19-22-20(29-23-19)13-28-21(25)17-5-7-18(8-6-17)30(26,27)24-11-15(3)10-16(4)12-24/h5-8,14-16H,9-13H2,1-4H3. The van der Waals surface area contributed by atoms with Crippen LogP contribution in [0.1, 0.15) is 56.2 Å². The molecule has 1 fully saturated rings. The van der Waals surface area contributed by atoms with Crippen LogP contribution in [0.15, 0.2) is 33.7 Å². The molecule has 1 aromatic heterocycles. The van der Waals surface area contributed by atoms with Gasteiger partial charge < -0.3 is 9.26 Å². The molecular weight excluding hydrogens is 406 g/mol. The number of benzene rings is 1. The largest absolute Gasteiger partial charge is 0.452 e. The minimum atomic E-state index is -3.58. The fourth-order valence-corrected chi connectivity index (χ4v) is 5.40. The molecule has 1 aromatic carbocycles. The first kappa shape index (κ1) is 22.4. The highest BCUT2D eigenvalue weighted by Gasteiger charge is 2.31. The van der Waals surface area contributed by atoms with Crippen LogP contribution < -0.4 is 0 Å². The molecule has 8 nitrogen and oxygen atoms in total. The van der Waals surface area contributed by atoms with Gasteiger partial charge in [-0.1, -0.05) is 32.9 Å². The topological polar surface area (TPSA) is 103 Å². The molecule has 0 amide bonds. The third-order valence-electron chi connectivity index (χ3n) is 4.99. The van der Waals surface area contributed by atoms with Gasteiger partial charge in [0.2, 0.25) is 10.0 Å². The van der Waals surface area contributed by atoms with Crippen molar-refractivity contribution in [2.75, 3.05) is 13.1 Å². The summed E-state index contributed by atoms with van der Waals surface area (Å²) in [6, 6.07) is 5.82. The predicted molar refractivity (Wildman–Crippen MR) is 110 cm³/mol. The molecule has 164 valence electrons. The fourth-order valence-electron chi connectivity index (χ4n) is 3.72. The van der Waals surface area contributed by atoms with E-state index in [4.69, 9.17) is 9.26 Å². The number of aromatic nitrogens is 2. The van der Waals surface area contributed by atoms with Gasteiger partial charge >= 0.3 is 5.97 Å². The molecule has 2 heterocycles. The van der Waals surface area contributed by atoms with Crippen molar-refractivity contribution in [3.05, 3.63) is 41.5 Å². The Morgan fingerprint density at radius 1 is 1.20 bits per heavy atom. The number of rotatable bonds is 7. The van der Waals surface area contributed by atoms with E-state index in [1.54, 1.807) is 0 Å². The molecule has 0 aliphatic carbocycles. The molecule has 2 atom stereocenters. The van der Waals surface area contributed by atoms with Crippen molar-refractivity contribution in [2.24, 2.45) is 17.8 Å². The van der Waals surface area contributed by atoms with Crippen molar-refractivity contribution in [1.82, 2.24) is 14.4 Å². The van der Waals surface area contributed by atoms with Gasteiger partial charge in [0.25, 0.3) is 5.89 Å². The van der Waals surface area contributed by atoms with Gasteiger partial charge in [-0.05, 0) is 48.4 Å². The summed E-state index contributed by atoms with van der Waals surface area (Å²) in [4.78, 5) is 16.6. The van der Waals surface area contributed by atoms with Crippen LogP contribution in [-0.4, -0.2) is 41.9 Å². The molecule has 1 aliphatic heterocycles. The lowest BCUT2D eigenvalue weighted by Gasteiger charge is -2.34. The van der Waals surface area contributed by atoms with Crippen molar-refractivity contribution in [3.8, 4) is 0 Å². The summed E-state index contributed by atoms with van der Waals surface area (Å²) in [6.07, 6.45) is 1.71. The van der Waals surface area contributed by atoms with Crippen molar-refractivity contribution >= 4 is 16.0 Å². The van der Waals surface area contributed by atoms with E-state index in [0.717, 1.165) is 6.42 Å². The van der Waals surface area contributed by atoms with Crippen LogP contribution in [0.25, 0.3) is 0 Å². The first-order valence-electron chi connectivity index (χ1n) is 10.2. The van der Waals surface area contributed by atoms with E-state index in [0.29, 0.717) is 43.1 Å². The van der Waals surface area contributed by atoms with Gasteiger partial charge in [-0.15, -0.1) is 0 Å². The van der Waals surface area contributed by atoms with Crippen molar-refractivity contribution < 1.29 is 22.5 Å². The van der Waals surface area contributed by atoms with E-state index in [1.165, 1.54) is 28.6 Å². The molecule has 30 heavy (non-hydrogen) atoms. The van der Waals surface area contributed by atoms with E-state index >= 15 is 0 Å². The molecule has 0 bridgehead atoms. The molecule has 1 saturated heterocycles. The Balaban J connectivity index is 1.62. The molecule has 1 aliphatic rings. The fraction of sp³-hybridized carbons (Fsp3) is 0.571. The van der Waals surface area contributed by atoms with E-state index in [9.17, 15) is 13.2 Å². The van der Waals surface area contributed by atoms with Crippen molar-refractivity contribution in [1.29, 1.82) is 0 Å². The first-order valence-corrected chi connectivity index (χ1v) is 11.7. The summed E-state index contributed by atoms with van der Waals surface area (Å²) in [6.45, 7) is 9.12. The van der Waals surface area contributed by atoms with Gasteiger partial charge in [-0.2, -0.15) is 9.29 Å². The van der Waals surface area contributed by atoms with E-state index in [1.807, 2.05) is 13.8 Å². The minimum Gasteiger partial charge on any atom is -0.452 e. The monoisotopic (exact) mass is 435 g/mol. The predicted octanol–water partition coefficient (Wildman–Crippen LogP) is 3.29. The maximum atomic E-state index is 12.9. The smallest absolute Gasteiger partial charge is 0.338 e. The van der Waals surface area contributed by atoms with Crippen LogP contribution in [0, 0.1) is 17.8 Å². The molecule has 2 aromatic rings. The molecule has 0 radical (unpaired) electrons. The van der Waals surface area contributed by atoms with Crippen LogP contribution >= 0.6 is 0 Å². The third-order valence-corrected chi connectivity index (χ3v) is 6.84. The lowest BCUT2D eigenvalue weighted by Crippen LogP contribution is -2.42. The third kappa shape index (κ3) is 5.46.